The lowest BCUT2D eigenvalue weighted by Gasteiger charge is -1.51. The van der Waals surface area contributed by atoms with Crippen molar-refractivity contribution in [1.29, 1.82) is 0 Å². The van der Waals surface area contributed by atoms with E-state index in [1.165, 1.54) is 5.75 Å². The van der Waals surface area contributed by atoms with Crippen LogP contribution < -0.4 is 0 Å². The number of ether oxygens (including phenoxy) is 1. The summed E-state index contributed by atoms with van der Waals surface area (Å²) in [5, 5.41) is 1.000. The van der Waals surface area contributed by atoms with Crippen molar-refractivity contribution < 1.29 is 4.74 Å². The average molecular weight is 132 g/mol. The summed E-state index contributed by atoms with van der Waals surface area (Å²) in [6.07, 6.45) is 0.583. The highest BCUT2D eigenvalue weighted by molar-refractivity contribution is 8.06. The van der Waals surface area contributed by atoms with E-state index in [1.807, 2.05) is 11.8 Å². The summed E-state index contributed by atoms with van der Waals surface area (Å²) in [6.45, 7) is 5.28. The van der Waals surface area contributed by atoms with Gasteiger partial charge in [-0.3, -0.25) is 0 Å². The Morgan fingerprint density at radius 1 is 1.50 bits per heavy atom. The van der Waals surface area contributed by atoms with Crippen LogP contribution in [-0.4, -0.2) is 23.7 Å². The van der Waals surface area contributed by atoms with Gasteiger partial charge in [0.05, 0.1) is 12.7 Å². The van der Waals surface area contributed by atoms with E-state index in [4.69, 9.17) is 4.74 Å². The maximum absolute atomic E-state index is 4.71. The van der Waals surface area contributed by atoms with Crippen LogP contribution in [0.15, 0.2) is 0 Å². The zero-order chi connectivity index (χ0) is 5.98. The molecule has 48 valence electrons. The lowest BCUT2D eigenvalue weighted by atomic mass is 10.6. The minimum absolute atomic E-state index is 0.583. The molecule has 2 aliphatic rings. The van der Waals surface area contributed by atoms with Crippen LogP contribution in [0.25, 0.3) is 0 Å². The Bertz CT molecular complexity index is 56.9. The van der Waals surface area contributed by atoms with Crippen molar-refractivity contribution >= 4 is 11.8 Å². The van der Waals surface area contributed by atoms with Gasteiger partial charge >= 0.3 is 0 Å². The summed E-state index contributed by atoms with van der Waals surface area (Å²) >= 11 is 2.02. The zero-order valence-corrected chi connectivity index (χ0v) is 6.20. The van der Waals surface area contributed by atoms with Gasteiger partial charge in [-0.25, -0.2) is 0 Å². The Morgan fingerprint density at radius 3 is 1.75 bits per heavy atom. The molecule has 2 atom stereocenters. The van der Waals surface area contributed by atoms with Crippen molar-refractivity contribution in [1.82, 2.24) is 0 Å². The summed E-state index contributed by atoms with van der Waals surface area (Å²) in [4.78, 5) is 0. The van der Waals surface area contributed by atoms with Crippen LogP contribution in [0.3, 0.4) is 0 Å². The molecule has 2 heterocycles. The first-order valence-electron chi connectivity index (χ1n) is 3.02. The lowest BCUT2D eigenvalue weighted by molar-refractivity contribution is 0.423. The van der Waals surface area contributed by atoms with E-state index in [0.717, 1.165) is 11.9 Å². The average Bonchev–Trinajstić information content (AvgIpc) is 2.47. The number of thioether (sulfide) groups is 1. The van der Waals surface area contributed by atoms with Gasteiger partial charge < -0.3 is 4.74 Å². The molecular formula is C6H12OS. The first-order valence-corrected chi connectivity index (χ1v) is 4.07. The predicted molar refractivity (Wildman–Crippen MR) is 37.3 cm³/mol. The highest BCUT2D eigenvalue weighted by Crippen LogP contribution is 2.28. The fourth-order valence-electron chi connectivity index (χ4n) is 0.192. The standard InChI is InChI=1S/C3H6O.C3H6S/c2*1-3-2-4-3/h2*3H,2H2,1H3. The van der Waals surface area contributed by atoms with Crippen molar-refractivity contribution in [3.63, 3.8) is 0 Å². The second-order valence-corrected chi connectivity index (χ2v) is 3.76. The normalized spacial score (nSPS) is 39.8. The fraction of sp³-hybridized carbons (Fsp3) is 1.00. The summed E-state index contributed by atoms with van der Waals surface area (Å²) in [5.74, 6) is 1.40. The molecule has 0 aromatic heterocycles. The second kappa shape index (κ2) is 2.74. The van der Waals surface area contributed by atoms with Crippen molar-refractivity contribution in [3.8, 4) is 0 Å². The van der Waals surface area contributed by atoms with Gasteiger partial charge in [0, 0.05) is 11.0 Å². The third kappa shape index (κ3) is 4.47. The van der Waals surface area contributed by atoms with Gasteiger partial charge in [0.25, 0.3) is 0 Å². The van der Waals surface area contributed by atoms with Crippen LogP contribution in [0.4, 0.5) is 0 Å². The molecule has 1 nitrogen and oxygen atoms in total. The van der Waals surface area contributed by atoms with Crippen molar-refractivity contribution in [2.45, 2.75) is 25.2 Å². The topological polar surface area (TPSA) is 12.5 Å². The molecule has 2 fully saturated rings. The predicted octanol–water partition coefficient (Wildman–Crippen LogP) is 1.53. The molecule has 0 aromatic rings. The highest BCUT2D eigenvalue weighted by Gasteiger charge is 2.13. The van der Waals surface area contributed by atoms with Gasteiger partial charge in [0.2, 0.25) is 0 Å². The molecule has 8 heavy (non-hydrogen) atoms. The van der Waals surface area contributed by atoms with E-state index in [1.54, 1.807) is 0 Å². The molecular weight excluding hydrogens is 120 g/mol. The molecule has 2 saturated heterocycles. The second-order valence-electron chi connectivity index (χ2n) is 2.29. The molecule has 2 unspecified atom stereocenters. The van der Waals surface area contributed by atoms with Crippen molar-refractivity contribution in [3.05, 3.63) is 0 Å². The molecule has 0 amide bonds. The number of epoxide rings is 1. The third-order valence-electron chi connectivity index (χ3n) is 1.00. The first kappa shape index (κ1) is 6.43. The molecule has 0 saturated carbocycles. The van der Waals surface area contributed by atoms with Crippen molar-refractivity contribution in [2.75, 3.05) is 12.4 Å². The maximum atomic E-state index is 4.71. The Hall–Kier alpha value is 0.310. The molecule has 0 N–H and O–H groups in total. The van der Waals surface area contributed by atoms with E-state index in [2.05, 4.69) is 13.8 Å². The zero-order valence-electron chi connectivity index (χ0n) is 5.39. The first-order chi connectivity index (χ1) is 3.79. The van der Waals surface area contributed by atoms with E-state index in [9.17, 15) is 0 Å². The van der Waals surface area contributed by atoms with Gasteiger partial charge in [0.15, 0.2) is 0 Å². The number of hydrogen-bond donors (Lipinski definition) is 0. The Morgan fingerprint density at radius 2 is 1.75 bits per heavy atom. The van der Waals surface area contributed by atoms with E-state index < -0.39 is 0 Å². The maximum Gasteiger partial charge on any atom is 0.0781 e. The summed E-state index contributed by atoms with van der Waals surface area (Å²) in [6, 6.07) is 0. The highest BCUT2D eigenvalue weighted by atomic mass is 32.2. The quantitative estimate of drug-likeness (QED) is 0.463. The van der Waals surface area contributed by atoms with E-state index in [0.29, 0.717) is 6.10 Å². The van der Waals surface area contributed by atoms with E-state index in [-0.39, 0.29) is 0 Å². The molecule has 0 radical (unpaired) electrons. The van der Waals surface area contributed by atoms with Crippen LogP contribution in [0.5, 0.6) is 0 Å². The molecule has 2 heteroatoms. The van der Waals surface area contributed by atoms with Crippen LogP contribution in [0.2, 0.25) is 0 Å². The van der Waals surface area contributed by atoms with Gasteiger partial charge in [0.1, 0.15) is 0 Å². The lowest BCUT2D eigenvalue weighted by Crippen LogP contribution is -1.60. The Kier molecular flexibility index (Phi) is 2.20. The minimum atomic E-state index is 0.583. The summed E-state index contributed by atoms with van der Waals surface area (Å²) < 4.78 is 4.71. The summed E-state index contributed by atoms with van der Waals surface area (Å²) in [7, 11) is 0. The van der Waals surface area contributed by atoms with Gasteiger partial charge in [-0.1, -0.05) is 6.92 Å². The van der Waals surface area contributed by atoms with Gasteiger partial charge in [-0.2, -0.15) is 11.8 Å². The third-order valence-corrected chi connectivity index (χ3v) is 2.00. The number of hydrogen-bond acceptors (Lipinski definition) is 2. The molecule has 0 aromatic carbocycles. The van der Waals surface area contributed by atoms with Gasteiger partial charge in [-0.15, -0.1) is 0 Å². The largest absolute Gasteiger partial charge is 0.373 e. The smallest absolute Gasteiger partial charge is 0.0781 e. The molecule has 0 aliphatic carbocycles. The molecule has 2 aliphatic heterocycles. The summed E-state index contributed by atoms with van der Waals surface area (Å²) in [5.41, 5.74) is 0. The molecule has 0 spiro atoms. The monoisotopic (exact) mass is 132 g/mol. The molecule has 2 rings (SSSR count). The minimum Gasteiger partial charge on any atom is -0.373 e. The van der Waals surface area contributed by atoms with Crippen LogP contribution >= 0.6 is 11.8 Å². The number of rotatable bonds is 0. The van der Waals surface area contributed by atoms with Gasteiger partial charge in [-0.05, 0) is 6.92 Å². The fourth-order valence-corrected chi connectivity index (χ4v) is 0.385. The van der Waals surface area contributed by atoms with E-state index >= 15 is 0 Å². The molecule has 0 bridgehead atoms. The van der Waals surface area contributed by atoms with Crippen LogP contribution in [0.1, 0.15) is 13.8 Å². The Balaban J connectivity index is 0.0000000800. The van der Waals surface area contributed by atoms with Crippen LogP contribution in [0, 0.1) is 0 Å². The Labute approximate surface area is 54.8 Å². The van der Waals surface area contributed by atoms with Crippen LogP contribution in [-0.2, 0) is 4.74 Å². The van der Waals surface area contributed by atoms with Crippen molar-refractivity contribution in [2.24, 2.45) is 0 Å². The SMILES string of the molecule is CC1CO1.CC1CS1.